The van der Waals surface area contributed by atoms with Crippen LogP contribution in [-0.2, 0) is 14.3 Å². The second kappa shape index (κ2) is 10.5. The van der Waals surface area contributed by atoms with E-state index in [1.54, 1.807) is 39.8 Å². The predicted octanol–water partition coefficient (Wildman–Crippen LogP) is 2.75. The lowest BCUT2D eigenvalue weighted by molar-refractivity contribution is -0.136. The van der Waals surface area contributed by atoms with E-state index in [1.165, 1.54) is 0 Å². The van der Waals surface area contributed by atoms with Crippen molar-refractivity contribution in [2.75, 3.05) is 18.5 Å². The summed E-state index contributed by atoms with van der Waals surface area (Å²) in [6, 6.07) is 4.86. The van der Waals surface area contributed by atoms with Gasteiger partial charge in [-0.05, 0) is 58.7 Å². The molecule has 0 radical (unpaired) electrons. The number of nitrogens with one attached hydrogen (secondary N) is 3. The Hall–Kier alpha value is -2.77. The first-order valence-corrected chi connectivity index (χ1v) is 9.34. The fraction of sp³-hybridized carbons (Fsp3) is 0.550. The van der Waals surface area contributed by atoms with Crippen LogP contribution >= 0.6 is 0 Å². The molecule has 0 aliphatic heterocycles. The van der Waals surface area contributed by atoms with Gasteiger partial charge in [-0.2, -0.15) is 0 Å². The van der Waals surface area contributed by atoms with Crippen LogP contribution < -0.4 is 20.7 Å². The third-order valence-electron chi connectivity index (χ3n) is 3.38. The molecule has 0 saturated carbocycles. The van der Waals surface area contributed by atoms with Gasteiger partial charge in [0.1, 0.15) is 11.4 Å². The molecule has 3 N–H and O–H groups in total. The summed E-state index contributed by atoms with van der Waals surface area (Å²) in [7, 11) is 0. The Labute approximate surface area is 166 Å². The molecule has 1 aromatic carbocycles. The standard InChI is InChI=1S/C20H31N3O5/c1-7-10-27-16-11-13(2)8-9-15(16)23-18(25)17(24)22-14(3)12-21-19(26)28-20(4,5)6/h8-9,11,14H,7,10,12H2,1-6H3,(H,21,26)(H,22,24)(H,23,25)/t14-/m0/s1. The third-order valence-corrected chi connectivity index (χ3v) is 3.38. The van der Waals surface area contributed by atoms with Crippen molar-refractivity contribution >= 4 is 23.6 Å². The summed E-state index contributed by atoms with van der Waals surface area (Å²) in [4.78, 5) is 35.9. The third kappa shape index (κ3) is 8.75. The topological polar surface area (TPSA) is 106 Å². The highest BCUT2D eigenvalue weighted by Crippen LogP contribution is 2.25. The van der Waals surface area contributed by atoms with E-state index in [2.05, 4.69) is 16.0 Å². The molecule has 0 unspecified atom stereocenters. The van der Waals surface area contributed by atoms with Crippen LogP contribution in [0.1, 0.15) is 46.6 Å². The largest absolute Gasteiger partial charge is 0.491 e. The van der Waals surface area contributed by atoms with Crippen LogP contribution in [0.3, 0.4) is 0 Å². The molecule has 1 rings (SSSR count). The molecule has 0 aliphatic carbocycles. The molecule has 1 atom stereocenters. The van der Waals surface area contributed by atoms with Crippen molar-refractivity contribution in [1.82, 2.24) is 10.6 Å². The first-order valence-electron chi connectivity index (χ1n) is 9.34. The Morgan fingerprint density at radius 1 is 1.14 bits per heavy atom. The smallest absolute Gasteiger partial charge is 0.407 e. The number of amides is 3. The molecule has 3 amide bonds. The molecule has 156 valence electrons. The molecule has 0 bridgehead atoms. The lowest BCUT2D eigenvalue weighted by atomic mass is 10.2. The van der Waals surface area contributed by atoms with Crippen molar-refractivity contribution < 1.29 is 23.9 Å². The summed E-state index contributed by atoms with van der Waals surface area (Å²) in [5.74, 6) is -1.10. The second-order valence-electron chi connectivity index (χ2n) is 7.56. The summed E-state index contributed by atoms with van der Waals surface area (Å²) >= 11 is 0. The number of aryl methyl sites for hydroxylation is 1. The Morgan fingerprint density at radius 2 is 1.82 bits per heavy atom. The zero-order valence-electron chi connectivity index (χ0n) is 17.5. The summed E-state index contributed by atoms with van der Waals surface area (Å²) in [6.07, 6.45) is 0.236. The van der Waals surface area contributed by atoms with E-state index < -0.39 is 29.6 Å². The molecule has 28 heavy (non-hydrogen) atoms. The van der Waals surface area contributed by atoms with Crippen molar-refractivity contribution in [2.24, 2.45) is 0 Å². The van der Waals surface area contributed by atoms with Crippen LogP contribution in [0, 0.1) is 6.92 Å². The second-order valence-corrected chi connectivity index (χ2v) is 7.56. The number of ether oxygens (including phenoxy) is 2. The van der Waals surface area contributed by atoms with E-state index in [1.807, 2.05) is 19.9 Å². The first kappa shape index (κ1) is 23.3. The maximum Gasteiger partial charge on any atom is 0.407 e. The Kier molecular flexibility index (Phi) is 8.76. The quantitative estimate of drug-likeness (QED) is 0.618. The fourth-order valence-corrected chi connectivity index (χ4v) is 2.13. The van der Waals surface area contributed by atoms with Crippen LogP contribution in [0.2, 0.25) is 0 Å². The average molecular weight is 393 g/mol. The van der Waals surface area contributed by atoms with Crippen molar-refractivity contribution in [3.8, 4) is 5.75 Å². The zero-order chi connectivity index (χ0) is 21.3. The minimum Gasteiger partial charge on any atom is -0.491 e. The van der Waals surface area contributed by atoms with E-state index in [9.17, 15) is 14.4 Å². The van der Waals surface area contributed by atoms with E-state index >= 15 is 0 Å². The van der Waals surface area contributed by atoms with Crippen LogP contribution in [0.25, 0.3) is 0 Å². The van der Waals surface area contributed by atoms with Gasteiger partial charge in [0.15, 0.2) is 0 Å². The van der Waals surface area contributed by atoms with E-state index in [0.717, 1.165) is 12.0 Å². The predicted molar refractivity (Wildman–Crippen MR) is 107 cm³/mol. The van der Waals surface area contributed by atoms with Crippen molar-refractivity contribution in [1.29, 1.82) is 0 Å². The number of alkyl carbamates (subject to hydrolysis) is 1. The highest BCUT2D eigenvalue weighted by Gasteiger charge is 2.20. The van der Waals surface area contributed by atoms with Gasteiger partial charge in [-0.1, -0.05) is 13.0 Å². The van der Waals surface area contributed by atoms with E-state index in [4.69, 9.17) is 9.47 Å². The molecule has 0 aromatic heterocycles. The van der Waals surface area contributed by atoms with Gasteiger partial charge in [0.25, 0.3) is 0 Å². The normalized spacial score (nSPS) is 11.9. The number of rotatable bonds is 7. The minimum absolute atomic E-state index is 0.128. The van der Waals surface area contributed by atoms with Crippen LogP contribution in [0.4, 0.5) is 10.5 Å². The van der Waals surface area contributed by atoms with Gasteiger partial charge >= 0.3 is 17.9 Å². The molecule has 0 fully saturated rings. The lowest BCUT2D eigenvalue weighted by Gasteiger charge is -2.21. The monoisotopic (exact) mass is 393 g/mol. The molecule has 0 heterocycles. The molecule has 8 heteroatoms. The number of carbonyl (C=O) groups is 3. The SMILES string of the molecule is CCCOc1cc(C)ccc1NC(=O)C(=O)N[C@@H](C)CNC(=O)OC(C)(C)C. The average Bonchev–Trinajstić information content (AvgIpc) is 2.58. The van der Waals surface area contributed by atoms with E-state index in [0.29, 0.717) is 18.0 Å². The van der Waals surface area contributed by atoms with Crippen molar-refractivity contribution in [3.63, 3.8) is 0 Å². The summed E-state index contributed by atoms with van der Waals surface area (Å²) in [6.45, 7) is 11.5. The molecule has 0 spiro atoms. The maximum absolute atomic E-state index is 12.2. The summed E-state index contributed by atoms with van der Waals surface area (Å²) < 4.78 is 10.7. The van der Waals surface area contributed by atoms with E-state index in [-0.39, 0.29) is 6.54 Å². The molecular weight excluding hydrogens is 362 g/mol. The number of hydrogen-bond donors (Lipinski definition) is 3. The molecule has 8 nitrogen and oxygen atoms in total. The van der Waals surface area contributed by atoms with Crippen molar-refractivity contribution in [3.05, 3.63) is 23.8 Å². The van der Waals surface area contributed by atoms with Crippen molar-refractivity contribution in [2.45, 2.75) is 59.6 Å². The zero-order valence-corrected chi connectivity index (χ0v) is 17.5. The Balaban J connectivity index is 2.57. The maximum atomic E-state index is 12.2. The molecule has 1 aromatic rings. The van der Waals surface area contributed by atoms with Gasteiger partial charge in [-0.15, -0.1) is 0 Å². The Morgan fingerprint density at radius 3 is 2.43 bits per heavy atom. The molecular formula is C20H31N3O5. The fourth-order valence-electron chi connectivity index (χ4n) is 2.13. The molecule has 0 aliphatic rings. The summed E-state index contributed by atoms with van der Waals surface area (Å²) in [5.41, 5.74) is 0.802. The van der Waals surface area contributed by atoms with Crippen LogP contribution in [-0.4, -0.2) is 42.7 Å². The van der Waals surface area contributed by atoms with Crippen LogP contribution in [0.5, 0.6) is 5.75 Å². The van der Waals surface area contributed by atoms with Crippen LogP contribution in [0.15, 0.2) is 18.2 Å². The highest BCUT2D eigenvalue weighted by molar-refractivity contribution is 6.39. The number of carbonyl (C=O) groups excluding carboxylic acids is 3. The first-order chi connectivity index (χ1) is 13.0. The van der Waals surface area contributed by atoms with Gasteiger partial charge in [0, 0.05) is 12.6 Å². The molecule has 0 saturated heterocycles. The van der Waals surface area contributed by atoms with Gasteiger partial charge in [-0.25, -0.2) is 4.79 Å². The summed E-state index contributed by atoms with van der Waals surface area (Å²) in [5, 5.41) is 7.63. The van der Waals surface area contributed by atoms with Gasteiger partial charge in [-0.3, -0.25) is 9.59 Å². The number of anilines is 1. The number of hydrogen-bond acceptors (Lipinski definition) is 5. The minimum atomic E-state index is -0.811. The van der Waals surface area contributed by atoms with Gasteiger partial charge < -0.3 is 25.4 Å². The highest BCUT2D eigenvalue weighted by atomic mass is 16.6. The van der Waals surface area contributed by atoms with Gasteiger partial charge in [0.05, 0.1) is 12.3 Å². The number of benzene rings is 1. The van der Waals surface area contributed by atoms with Gasteiger partial charge in [0.2, 0.25) is 0 Å². The lowest BCUT2D eigenvalue weighted by Crippen LogP contribution is -2.46. The Bertz CT molecular complexity index is 698.